The minimum absolute atomic E-state index is 0.314. The predicted octanol–water partition coefficient (Wildman–Crippen LogP) is 4.38. The van der Waals surface area contributed by atoms with E-state index in [1.165, 1.54) is 43.6 Å². The Bertz CT molecular complexity index is 250. The van der Waals surface area contributed by atoms with Crippen LogP contribution < -0.4 is 5.32 Å². The summed E-state index contributed by atoms with van der Waals surface area (Å²) in [5.74, 6) is 0. The molecule has 0 aromatic heterocycles. The Morgan fingerprint density at radius 2 is 1.63 bits per heavy atom. The van der Waals surface area contributed by atoms with Gasteiger partial charge in [0.15, 0.2) is 0 Å². The molecule has 0 amide bonds. The molecular weight excluding hydrogens is 262 g/mol. The molecular formula is C16H37NSi2. The lowest BCUT2D eigenvalue weighted by Crippen LogP contribution is -2.29. The smallest absolute Gasteiger partial charge is 0.0679 e. The van der Waals surface area contributed by atoms with Crippen molar-refractivity contribution in [1.29, 1.82) is 0 Å². The molecule has 0 aliphatic carbocycles. The van der Waals surface area contributed by atoms with E-state index in [0.717, 1.165) is 0 Å². The Morgan fingerprint density at radius 3 is 2.11 bits per heavy atom. The topological polar surface area (TPSA) is 12.0 Å². The number of unbranched alkanes of at least 4 members (excludes halogenated alkanes) is 1. The Kier molecular flexibility index (Phi) is 10.0. The van der Waals surface area contributed by atoms with Crippen LogP contribution in [0, 0.1) is 0 Å². The van der Waals surface area contributed by atoms with Crippen LogP contribution in [0.1, 0.15) is 47.5 Å². The van der Waals surface area contributed by atoms with Gasteiger partial charge in [0.2, 0.25) is 0 Å². The van der Waals surface area contributed by atoms with Crippen LogP contribution in [0.3, 0.4) is 0 Å². The quantitative estimate of drug-likeness (QED) is 0.492. The van der Waals surface area contributed by atoms with Crippen molar-refractivity contribution in [3.63, 3.8) is 0 Å². The van der Waals surface area contributed by atoms with Gasteiger partial charge in [0.05, 0.1) is 8.80 Å². The molecule has 1 N–H and O–H groups in total. The Morgan fingerprint density at radius 1 is 1.00 bits per heavy atom. The molecule has 114 valence electrons. The molecule has 0 radical (unpaired) electrons. The number of allylic oxidation sites excluding steroid dienone is 1. The summed E-state index contributed by atoms with van der Waals surface area (Å²) < 4.78 is 0. The lowest BCUT2D eigenvalue weighted by Gasteiger charge is -2.27. The highest BCUT2D eigenvalue weighted by molar-refractivity contribution is 6.67. The second-order valence-corrected chi connectivity index (χ2v) is 14.9. The van der Waals surface area contributed by atoms with E-state index in [1.54, 1.807) is 0 Å². The van der Waals surface area contributed by atoms with Crippen LogP contribution in [0.2, 0.25) is 30.2 Å². The maximum absolute atomic E-state index is 3.66. The summed E-state index contributed by atoms with van der Waals surface area (Å²) in [5.41, 5.74) is 4.10. The third kappa shape index (κ3) is 11.6. The minimum atomic E-state index is -0.773. The summed E-state index contributed by atoms with van der Waals surface area (Å²) in [5, 5.41) is 4.17. The van der Waals surface area contributed by atoms with E-state index in [2.05, 4.69) is 58.7 Å². The van der Waals surface area contributed by atoms with Gasteiger partial charge in [-0.15, -0.1) is 0 Å². The highest BCUT2D eigenvalue weighted by Crippen LogP contribution is 2.30. The van der Waals surface area contributed by atoms with E-state index in [9.17, 15) is 0 Å². The van der Waals surface area contributed by atoms with Gasteiger partial charge < -0.3 is 5.32 Å². The van der Waals surface area contributed by atoms with Crippen LogP contribution in [0.4, 0.5) is 0 Å². The molecule has 0 spiro atoms. The van der Waals surface area contributed by atoms with Crippen molar-refractivity contribution < 1.29 is 0 Å². The second kappa shape index (κ2) is 9.95. The van der Waals surface area contributed by atoms with Crippen molar-refractivity contribution in [1.82, 2.24) is 5.32 Å². The van der Waals surface area contributed by atoms with Gasteiger partial charge in [-0.3, -0.25) is 0 Å². The minimum Gasteiger partial charge on any atom is -0.317 e. The highest BCUT2D eigenvalue weighted by Gasteiger charge is 2.23. The summed E-state index contributed by atoms with van der Waals surface area (Å²) in [4.78, 5) is 0. The molecule has 0 saturated heterocycles. The van der Waals surface area contributed by atoms with Crippen LogP contribution in [-0.4, -0.2) is 30.7 Å². The van der Waals surface area contributed by atoms with Crippen molar-refractivity contribution in [2.45, 2.75) is 77.7 Å². The summed E-state index contributed by atoms with van der Waals surface area (Å²) in [6.45, 7) is 19.1. The Balaban J connectivity index is 3.80. The van der Waals surface area contributed by atoms with E-state index in [-0.39, 0.29) is 8.80 Å². The summed E-state index contributed by atoms with van der Waals surface area (Å²) >= 11 is 0. The zero-order valence-corrected chi connectivity index (χ0v) is 16.8. The summed E-state index contributed by atoms with van der Waals surface area (Å²) in [6, 6.07) is 2.91. The third-order valence-corrected chi connectivity index (χ3v) is 9.43. The monoisotopic (exact) mass is 299 g/mol. The average Bonchev–Trinajstić information content (AvgIpc) is 2.23. The van der Waals surface area contributed by atoms with Crippen LogP contribution in [0.5, 0.6) is 0 Å². The number of rotatable bonds is 9. The lowest BCUT2D eigenvalue weighted by atomic mass is 10.2. The largest absolute Gasteiger partial charge is 0.317 e. The molecule has 1 nitrogen and oxygen atoms in total. The second-order valence-electron chi connectivity index (χ2n) is 7.64. The zero-order chi connectivity index (χ0) is 14.9. The first-order chi connectivity index (χ1) is 8.73. The molecule has 0 aliphatic heterocycles. The van der Waals surface area contributed by atoms with Crippen molar-refractivity contribution in [2.24, 2.45) is 0 Å². The third-order valence-electron chi connectivity index (χ3n) is 3.66. The Hall–Kier alpha value is 0.134. The first kappa shape index (κ1) is 19.1. The molecule has 0 fully saturated rings. The molecule has 19 heavy (non-hydrogen) atoms. The van der Waals surface area contributed by atoms with E-state index in [0.29, 0.717) is 5.04 Å². The van der Waals surface area contributed by atoms with Crippen LogP contribution in [0.15, 0.2) is 11.3 Å². The first-order valence-electron chi connectivity index (χ1n) is 8.09. The maximum atomic E-state index is 3.66. The summed E-state index contributed by atoms with van der Waals surface area (Å²) in [7, 11) is -1.09. The maximum Gasteiger partial charge on any atom is 0.0679 e. The molecule has 0 rings (SSSR count). The van der Waals surface area contributed by atoms with Crippen molar-refractivity contribution >= 4 is 17.6 Å². The fourth-order valence-electron chi connectivity index (χ4n) is 2.35. The van der Waals surface area contributed by atoms with E-state index in [1.807, 2.05) is 0 Å². The SMILES string of the molecule is CC(C)=C[SiH](CCNCCCC[SiH](C)C)C(C)(C)C. The molecule has 1 unspecified atom stereocenters. The van der Waals surface area contributed by atoms with E-state index < -0.39 is 8.80 Å². The predicted molar refractivity (Wildman–Crippen MR) is 96.9 cm³/mol. The van der Waals surface area contributed by atoms with Crippen LogP contribution in [0.25, 0.3) is 0 Å². The average molecular weight is 300 g/mol. The van der Waals surface area contributed by atoms with Gasteiger partial charge in [0, 0.05) is 8.80 Å². The molecule has 0 heterocycles. The van der Waals surface area contributed by atoms with Gasteiger partial charge in [0.1, 0.15) is 0 Å². The fraction of sp³-hybridized carbons (Fsp3) is 0.875. The van der Waals surface area contributed by atoms with Crippen molar-refractivity contribution in [3.05, 3.63) is 11.3 Å². The molecule has 3 heteroatoms. The molecule has 0 aliphatic rings. The molecule has 0 saturated carbocycles. The van der Waals surface area contributed by atoms with Gasteiger partial charge in [-0.1, -0.05) is 57.6 Å². The van der Waals surface area contributed by atoms with Gasteiger partial charge in [-0.2, -0.15) is 0 Å². The lowest BCUT2D eigenvalue weighted by molar-refractivity contribution is 0.651. The Labute approximate surface area is 125 Å². The highest BCUT2D eigenvalue weighted by atomic mass is 28.3. The number of hydrogen-bond donors (Lipinski definition) is 1. The zero-order valence-electron chi connectivity index (χ0n) is 14.5. The number of hydrogen-bond acceptors (Lipinski definition) is 1. The standard InChI is InChI=1S/C16H37NSi2/c1-15(2)14-19(16(3,4)5)13-11-17-10-8-9-12-18(6)7/h14,17-19H,8-13H2,1-7H3. The van der Waals surface area contributed by atoms with Crippen molar-refractivity contribution in [3.8, 4) is 0 Å². The molecule has 1 atom stereocenters. The van der Waals surface area contributed by atoms with Gasteiger partial charge in [-0.05, 0) is 44.4 Å². The van der Waals surface area contributed by atoms with Crippen LogP contribution >= 0.6 is 0 Å². The van der Waals surface area contributed by atoms with Gasteiger partial charge in [-0.25, -0.2) is 0 Å². The van der Waals surface area contributed by atoms with E-state index in [4.69, 9.17) is 0 Å². The van der Waals surface area contributed by atoms with Crippen molar-refractivity contribution in [2.75, 3.05) is 13.1 Å². The van der Waals surface area contributed by atoms with Gasteiger partial charge in [0.25, 0.3) is 0 Å². The normalized spacial score (nSPS) is 13.7. The van der Waals surface area contributed by atoms with Gasteiger partial charge >= 0.3 is 0 Å². The first-order valence-corrected chi connectivity index (χ1v) is 13.3. The van der Waals surface area contributed by atoms with Crippen LogP contribution in [-0.2, 0) is 0 Å². The molecule has 0 aromatic carbocycles. The molecule has 0 aromatic rings. The van der Waals surface area contributed by atoms with E-state index >= 15 is 0 Å². The number of nitrogens with one attached hydrogen (secondary N) is 1. The molecule has 0 bridgehead atoms. The fourth-order valence-corrected chi connectivity index (χ4v) is 6.31. The summed E-state index contributed by atoms with van der Waals surface area (Å²) in [6.07, 6.45) is 2.81.